The molecule has 2 N–H and O–H groups in total. The van der Waals surface area contributed by atoms with Gasteiger partial charge in [-0.25, -0.2) is 10.2 Å². The third kappa shape index (κ3) is 5.33. The number of carbonyl (C=O) groups excluding carboxylic acids is 1. The smallest absolute Gasteiger partial charge is 0.341 e. The molecule has 0 atom stereocenters. The van der Waals surface area contributed by atoms with E-state index < -0.39 is 12.6 Å². The van der Waals surface area contributed by atoms with Gasteiger partial charge in [0.15, 0.2) is 6.61 Å². The second-order valence-electron chi connectivity index (χ2n) is 5.80. The summed E-state index contributed by atoms with van der Waals surface area (Å²) in [5.74, 6) is -1.04. The molecule has 0 aliphatic rings. The van der Waals surface area contributed by atoms with E-state index in [1.54, 1.807) is 24.3 Å². The van der Waals surface area contributed by atoms with Gasteiger partial charge in [0.1, 0.15) is 5.75 Å². The predicted octanol–water partition coefficient (Wildman–Crippen LogP) is 4.23. The van der Waals surface area contributed by atoms with Crippen LogP contribution in [0.25, 0.3) is 5.69 Å². The molecular weight excluding hydrogens is 506 g/mol. The summed E-state index contributed by atoms with van der Waals surface area (Å²) in [5, 5.41) is 12.8. The van der Waals surface area contributed by atoms with Crippen LogP contribution in [0.2, 0.25) is 0 Å². The second-order valence-corrected chi connectivity index (χ2v) is 7.51. The number of nitrogens with one attached hydrogen (secondary N) is 1. The maximum absolute atomic E-state index is 12.6. The molecule has 1 aromatic heterocycles. The molecule has 0 spiro atoms. The predicted molar refractivity (Wildman–Crippen MR) is 116 cm³/mol. The Kier molecular flexibility index (Phi) is 6.84. The van der Waals surface area contributed by atoms with Gasteiger partial charge in [-0.3, -0.25) is 4.79 Å². The molecule has 0 aliphatic carbocycles. The normalized spacial score (nSPS) is 10.8. The highest BCUT2D eigenvalue weighted by atomic mass is 79.9. The number of aromatic nitrogens is 1. The van der Waals surface area contributed by atoms with E-state index in [1.165, 1.54) is 6.21 Å². The number of para-hydroxylation sites is 1. The standard InChI is InChI=1S/C20H15Br2N3O4/c21-15-9-13(10-16(22)19(15)29-12-18(26)27)11-23-24-20(28)14-5-1-2-6-17(14)25-7-3-4-8-25/h1-11H,12H2,(H,24,28)(H,26,27)/b23-11+. The fourth-order valence-corrected chi connectivity index (χ4v) is 3.99. The first-order valence-electron chi connectivity index (χ1n) is 8.35. The Labute approximate surface area is 183 Å². The SMILES string of the molecule is O=C(O)COc1c(Br)cc(/C=N/NC(=O)c2ccccc2-n2cccc2)cc1Br. The number of benzene rings is 2. The lowest BCUT2D eigenvalue weighted by Gasteiger charge is -2.10. The molecule has 148 valence electrons. The van der Waals surface area contributed by atoms with Crippen LogP contribution in [0.15, 0.2) is 75.0 Å². The summed E-state index contributed by atoms with van der Waals surface area (Å²) in [4.78, 5) is 23.2. The van der Waals surface area contributed by atoms with Gasteiger partial charge in [0.25, 0.3) is 5.91 Å². The molecule has 9 heteroatoms. The summed E-state index contributed by atoms with van der Waals surface area (Å²) in [5.41, 5.74) is 4.43. The maximum atomic E-state index is 12.6. The van der Waals surface area contributed by atoms with E-state index in [4.69, 9.17) is 9.84 Å². The van der Waals surface area contributed by atoms with E-state index in [9.17, 15) is 9.59 Å². The molecule has 7 nitrogen and oxygen atoms in total. The third-order valence-electron chi connectivity index (χ3n) is 3.77. The Morgan fingerprint density at radius 2 is 1.76 bits per heavy atom. The minimum atomic E-state index is -1.07. The molecule has 0 saturated carbocycles. The average molecular weight is 521 g/mol. The molecule has 2 aromatic carbocycles. The Hall–Kier alpha value is -2.91. The number of hydrazone groups is 1. The van der Waals surface area contributed by atoms with Crippen molar-refractivity contribution in [1.29, 1.82) is 0 Å². The number of carboxylic acid groups (broad SMARTS) is 1. The van der Waals surface area contributed by atoms with Crippen molar-refractivity contribution < 1.29 is 19.4 Å². The van der Waals surface area contributed by atoms with E-state index in [0.29, 0.717) is 25.8 Å². The van der Waals surface area contributed by atoms with Crippen molar-refractivity contribution in [2.45, 2.75) is 0 Å². The van der Waals surface area contributed by atoms with Crippen molar-refractivity contribution in [3.05, 3.63) is 81.0 Å². The van der Waals surface area contributed by atoms with Crippen LogP contribution in [0.5, 0.6) is 5.75 Å². The zero-order chi connectivity index (χ0) is 20.8. The molecule has 0 saturated heterocycles. The molecule has 29 heavy (non-hydrogen) atoms. The van der Waals surface area contributed by atoms with Crippen LogP contribution in [-0.2, 0) is 4.79 Å². The quantitative estimate of drug-likeness (QED) is 0.360. The van der Waals surface area contributed by atoms with E-state index >= 15 is 0 Å². The Balaban J connectivity index is 1.72. The highest BCUT2D eigenvalue weighted by Gasteiger charge is 2.12. The van der Waals surface area contributed by atoms with Gasteiger partial charge in [-0.15, -0.1) is 0 Å². The number of amides is 1. The number of rotatable bonds is 7. The van der Waals surface area contributed by atoms with Crippen LogP contribution in [0, 0.1) is 0 Å². The molecular formula is C20H15Br2N3O4. The van der Waals surface area contributed by atoms with Gasteiger partial charge < -0.3 is 14.4 Å². The monoisotopic (exact) mass is 519 g/mol. The van der Waals surface area contributed by atoms with E-state index in [2.05, 4.69) is 42.4 Å². The zero-order valence-corrected chi connectivity index (χ0v) is 18.1. The largest absolute Gasteiger partial charge is 0.480 e. The lowest BCUT2D eigenvalue weighted by atomic mass is 10.1. The number of carbonyl (C=O) groups is 2. The number of halogens is 2. The van der Waals surface area contributed by atoms with Gasteiger partial charge in [-0.2, -0.15) is 5.10 Å². The van der Waals surface area contributed by atoms with Crippen LogP contribution in [0.4, 0.5) is 0 Å². The van der Waals surface area contributed by atoms with Gasteiger partial charge in [-0.1, -0.05) is 12.1 Å². The number of carboxylic acids is 1. The highest BCUT2D eigenvalue weighted by Crippen LogP contribution is 2.34. The van der Waals surface area contributed by atoms with Crippen molar-refractivity contribution >= 4 is 50.0 Å². The number of ether oxygens (including phenoxy) is 1. The number of hydrogen-bond acceptors (Lipinski definition) is 4. The molecule has 3 aromatic rings. The van der Waals surface area contributed by atoms with Gasteiger partial charge in [0, 0.05) is 12.4 Å². The Morgan fingerprint density at radius 1 is 1.10 bits per heavy atom. The molecule has 1 amide bonds. The Morgan fingerprint density at radius 3 is 2.41 bits per heavy atom. The fourth-order valence-electron chi connectivity index (χ4n) is 2.54. The number of aliphatic carboxylic acids is 1. The molecule has 0 fully saturated rings. The van der Waals surface area contributed by atoms with Crippen molar-refractivity contribution in [3.63, 3.8) is 0 Å². The average Bonchev–Trinajstić information content (AvgIpc) is 3.21. The first-order valence-corrected chi connectivity index (χ1v) is 9.93. The summed E-state index contributed by atoms with van der Waals surface area (Å²) in [7, 11) is 0. The molecule has 0 radical (unpaired) electrons. The van der Waals surface area contributed by atoms with Gasteiger partial charge in [0.2, 0.25) is 0 Å². The summed E-state index contributed by atoms with van der Waals surface area (Å²) >= 11 is 6.68. The van der Waals surface area contributed by atoms with E-state index in [-0.39, 0.29) is 5.91 Å². The third-order valence-corrected chi connectivity index (χ3v) is 4.95. The first kappa shape index (κ1) is 20.8. The summed E-state index contributed by atoms with van der Waals surface area (Å²) in [6, 6.07) is 14.4. The van der Waals surface area contributed by atoms with Crippen LogP contribution in [-0.4, -0.2) is 34.4 Å². The summed E-state index contributed by atoms with van der Waals surface area (Å²) < 4.78 is 8.18. The molecule has 3 rings (SSSR count). The lowest BCUT2D eigenvalue weighted by molar-refractivity contribution is -0.139. The van der Waals surface area contributed by atoms with Gasteiger partial charge in [0.05, 0.1) is 26.4 Å². The first-order chi connectivity index (χ1) is 14.0. The van der Waals surface area contributed by atoms with Crippen LogP contribution < -0.4 is 10.2 Å². The summed E-state index contributed by atoms with van der Waals surface area (Å²) in [6.45, 7) is -0.457. The molecule has 0 unspecified atom stereocenters. The zero-order valence-electron chi connectivity index (χ0n) is 14.9. The minimum absolute atomic E-state index is 0.343. The van der Waals surface area contributed by atoms with Crippen molar-refractivity contribution in [2.24, 2.45) is 5.10 Å². The van der Waals surface area contributed by atoms with Crippen LogP contribution in [0.3, 0.4) is 0 Å². The van der Waals surface area contributed by atoms with Crippen molar-refractivity contribution in [3.8, 4) is 11.4 Å². The van der Waals surface area contributed by atoms with E-state index in [0.717, 1.165) is 5.69 Å². The lowest BCUT2D eigenvalue weighted by Crippen LogP contribution is -2.19. The van der Waals surface area contributed by atoms with Gasteiger partial charge in [-0.05, 0) is 73.8 Å². The molecule has 0 aliphatic heterocycles. The topological polar surface area (TPSA) is 92.9 Å². The minimum Gasteiger partial charge on any atom is -0.480 e. The number of nitrogens with zero attached hydrogens (tertiary/aromatic N) is 2. The summed E-state index contributed by atoms with van der Waals surface area (Å²) in [6.07, 6.45) is 5.20. The van der Waals surface area contributed by atoms with Crippen LogP contribution in [0.1, 0.15) is 15.9 Å². The van der Waals surface area contributed by atoms with Gasteiger partial charge >= 0.3 is 5.97 Å². The Bertz CT molecular complexity index is 1040. The van der Waals surface area contributed by atoms with Crippen molar-refractivity contribution in [1.82, 2.24) is 9.99 Å². The second kappa shape index (κ2) is 9.53. The molecule has 0 bridgehead atoms. The van der Waals surface area contributed by atoms with E-state index in [1.807, 2.05) is 41.2 Å². The number of hydrogen-bond donors (Lipinski definition) is 2. The fraction of sp³-hybridized carbons (Fsp3) is 0.0500. The maximum Gasteiger partial charge on any atom is 0.341 e. The molecule has 1 heterocycles. The highest BCUT2D eigenvalue weighted by molar-refractivity contribution is 9.11. The van der Waals surface area contributed by atoms with Crippen molar-refractivity contribution in [2.75, 3.05) is 6.61 Å². The van der Waals surface area contributed by atoms with Crippen LogP contribution >= 0.6 is 31.9 Å².